The van der Waals surface area contributed by atoms with Crippen LogP contribution in [0.4, 0.5) is 10.1 Å². The first-order valence-electron chi connectivity index (χ1n) is 9.78. The lowest BCUT2D eigenvalue weighted by molar-refractivity contribution is 0.567. The van der Waals surface area contributed by atoms with Gasteiger partial charge in [0.2, 0.25) is 0 Å². The number of hydrogen-bond donors (Lipinski definition) is 1. The summed E-state index contributed by atoms with van der Waals surface area (Å²) in [4.78, 5) is 7.00. The number of fused-ring (bicyclic) bond motifs is 5. The Balaban J connectivity index is 1.66. The molecule has 4 nitrogen and oxygen atoms in total. The number of rotatable bonds is 2. The lowest BCUT2D eigenvalue weighted by Crippen LogP contribution is -2.43. The third-order valence-corrected chi connectivity index (χ3v) is 5.95. The summed E-state index contributed by atoms with van der Waals surface area (Å²) in [5, 5.41) is 5.41. The van der Waals surface area contributed by atoms with Crippen molar-refractivity contribution in [1.29, 1.82) is 0 Å². The first-order chi connectivity index (χ1) is 13.3. The minimum absolute atomic E-state index is 0.147. The van der Waals surface area contributed by atoms with E-state index in [-0.39, 0.29) is 5.82 Å². The zero-order chi connectivity index (χ0) is 18.0. The number of nitrogens with one attached hydrogen (secondary N) is 1. The van der Waals surface area contributed by atoms with Crippen LogP contribution in [0.1, 0.15) is 18.9 Å². The van der Waals surface area contributed by atoms with Crippen molar-refractivity contribution in [2.24, 2.45) is 0 Å². The van der Waals surface area contributed by atoms with Crippen LogP contribution in [0.2, 0.25) is 0 Å². The molecule has 136 valence electrons. The van der Waals surface area contributed by atoms with Crippen molar-refractivity contribution in [2.75, 3.05) is 31.1 Å². The highest BCUT2D eigenvalue weighted by Crippen LogP contribution is 2.44. The van der Waals surface area contributed by atoms with Crippen molar-refractivity contribution in [3.63, 3.8) is 0 Å². The normalized spacial score (nSPS) is 18.0. The molecule has 0 aromatic heterocycles. The number of nitrogens with zero attached hydrogens (tertiary/aromatic N) is 3. The number of pyridine rings is 1. The van der Waals surface area contributed by atoms with Crippen LogP contribution >= 0.6 is 0 Å². The molecule has 0 radical (unpaired) electrons. The summed E-state index contributed by atoms with van der Waals surface area (Å²) in [5.74, 6) is -0.147. The Hall–Kier alpha value is -2.66. The number of benzene rings is 2. The Labute approximate surface area is 156 Å². The molecule has 1 saturated carbocycles. The van der Waals surface area contributed by atoms with E-state index in [0.29, 0.717) is 11.7 Å². The number of aromatic nitrogens is 2. The van der Waals surface area contributed by atoms with E-state index in [9.17, 15) is 0 Å². The van der Waals surface area contributed by atoms with Crippen LogP contribution in [-0.4, -0.2) is 35.7 Å². The summed E-state index contributed by atoms with van der Waals surface area (Å²) in [6.45, 7) is 3.48. The van der Waals surface area contributed by atoms with E-state index in [1.165, 1.54) is 12.8 Å². The van der Waals surface area contributed by atoms with E-state index >= 15 is 4.39 Å². The summed E-state index contributed by atoms with van der Waals surface area (Å²) in [7, 11) is 0. The molecule has 2 aromatic carbocycles. The van der Waals surface area contributed by atoms with E-state index < -0.39 is 0 Å². The van der Waals surface area contributed by atoms with Crippen LogP contribution in [-0.2, 0) is 0 Å². The maximum absolute atomic E-state index is 15.1. The maximum Gasteiger partial charge on any atom is 0.147 e. The predicted molar refractivity (Wildman–Crippen MR) is 107 cm³/mol. The quantitative estimate of drug-likeness (QED) is 0.582. The Morgan fingerprint density at radius 2 is 1.85 bits per heavy atom. The van der Waals surface area contributed by atoms with E-state index in [4.69, 9.17) is 4.98 Å². The average Bonchev–Trinajstić information content (AvgIpc) is 3.48. The zero-order valence-corrected chi connectivity index (χ0v) is 15.1. The lowest BCUT2D eigenvalue weighted by Gasteiger charge is -2.30. The summed E-state index contributed by atoms with van der Waals surface area (Å²) < 4.78 is 17.5. The van der Waals surface area contributed by atoms with Gasteiger partial charge in [0.05, 0.1) is 22.4 Å². The fourth-order valence-corrected chi connectivity index (χ4v) is 4.41. The Kier molecular flexibility index (Phi) is 3.23. The fraction of sp³-hybridized carbons (Fsp3) is 0.318. The second kappa shape index (κ2) is 5.67. The molecule has 6 rings (SSSR count). The van der Waals surface area contributed by atoms with Gasteiger partial charge in [-0.2, -0.15) is 0 Å². The van der Waals surface area contributed by atoms with Gasteiger partial charge < -0.3 is 14.8 Å². The minimum Gasteiger partial charge on any atom is -0.367 e. The van der Waals surface area contributed by atoms with Gasteiger partial charge in [-0.1, -0.05) is 18.2 Å². The summed E-state index contributed by atoms with van der Waals surface area (Å²) in [6, 6.07) is 12.5. The van der Waals surface area contributed by atoms with E-state index in [1.807, 2.05) is 24.3 Å². The molecule has 1 N–H and O–H groups in total. The Morgan fingerprint density at radius 3 is 2.67 bits per heavy atom. The van der Waals surface area contributed by atoms with E-state index in [0.717, 1.165) is 59.2 Å². The number of hydrogen-bond acceptors (Lipinski definition) is 3. The Morgan fingerprint density at radius 1 is 1.04 bits per heavy atom. The second-order valence-electron chi connectivity index (χ2n) is 7.72. The van der Waals surface area contributed by atoms with Crippen molar-refractivity contribution >= 4 is 27.5 Å². The largest absolute Gasteiger partial charge is 0.367 e. The van der Waals surface area contributed by atoms with Crippen molar-refractivity contribution in [2.45, 2.75) is 18.9 Å². The smallest absolute Gasteiger partial charge is 0.147 e. The van der Waals surface area contributed by atoms with Gasteiger partial charge in [-0.05, 0) is 31.0 Å². The SMILES string of the molecule is Fc1cc2c3nc4ccccc4c-3cn(C3CC3)c2cc1N1CCNCC1. The number of anilines is 1. The van der Waals surface area contributed by atoms with Crippen LogP contribution in [0.15, 0.2) is 42.6 Å². The summed E-state index contributed by atoms with van der Waals surface area (Å²) >= 11 is 0. The fourth-order valence-electron chi connectivity index (χ4n) is 4.41. The van der Waals surface area contributed by atoms with Crippen LogP contribution in [0.3, 0.4) is 0 Å². The molecule has 1 aliphatic carbocycles. The molecule has 1 saturated heterocycles. The lowest BCUT2D eigenvalue weighted by atomic mass is 10.0. The predicted octanol–water partition coefficient (Wildman–Crippen LogP) is 4.18. The van der Waals surface area contributed by atoms with Crippen LogP contribution < -0.4 is 10.2 Å². The molecular formula is C22H21FN4. The van der Waals surface area contributed by atoms with Gasteiger partial charge in [0.1, 0.15) is 5.82 Å². The van der Waals surface area contributed by atoms with Gasteiger partial charge in [-0.3, -0.25) is 0 Å². The zero-order valence-electron chi connectivity index (χ0n) is 15.1. The summed E-state index contributed by atoms with van der Waals surface area (Å²) in [5.41, 5.74) is 4.83. The topological polar surface area (TPSA) is 33.1 Å². The van der Waals surface area contributed by atoms with Crippen molar-refractivity contribution in [3.05, 3.63) is 48.4 Å². The molecule has 3 aliphatic heterocycles. The Bertz CT molecular complexity index is 1140. The number of halogens is 1. The second-order valence-corrected chi connectivity index (χ2v) is 7.72. The highest BCUT2D eigenvalue weighted by Gasteiger charge is 2.28. The monoisotopic (exact) mass is 360 g/mol. The molecular weight excluding hydrogens is 339 g/mol. The molecule has 27 heavy (non-hydrogen) atoms. The molecule has 0 unspecified atom stereocenters. The molecule has 0 bridgehead atoms. The summed E-state index contributed by atoms with van der Waals surface area (Å²) in [6.07, 6.45) is 4.62. The van der Waals surface area contributed by atoms with Crippen molar-refractivity contribution < 1.29 is 4.39 Å². The number of piperazine rings is 1. The molecule has 0 spiro atoms. The van der Waals surface area contributed by atoms with Crippen molar-refractivity contribution in [1.82, 2.24) is 14.9 Å². The standard InChI is InChI=1S/C22H21FN4/c23-18-11-16-20(12-21(18)26-9-7-24-8-10-26)27(14-5-6-14)13-17-15-3-1-2-4-19(15)25-22(16)17/h1-4,11-14,24H,5-10H2. The highest BCUT2D eigenvalue weighted by molar-refractivity contribution is 6.07. The number of para-hydroxylation sites is 1. The third-order valence-electron chi connectivity index (χ3n) is 5.95. The van der Waals surface area contributed by atoms with Crippen molar-refractivity contribution in [3.8, 4) is 11.3 Å². The van der Waals surface area contributed by atoms with Gasteiger partial charge in [0.25, 0.3) is 0 Å². The highest BCUT2D eigenvalue weighted by atomic mass is 19.1. The molecule has 0 amide bonds. The molecule has 3 heterocycles. The van der Waals surface area contributed by atoms with E-state index in [2.05, 4.69) is 27.0 Å². The minimum atomic E-state index is -0.147. The molecule has 5 heteroatoms. The third kappa shape index (κ3) is 2.34. The van der Waals surface area contributed by atoms with E-state index in [1.54, 1.807) is 6.07 Å². The van der Waals surface area contributed by atoms with Gasteiger partial charge in [-0.15, -0.1) is 0 Å². The first-order valence-corrected chi connectivity index (χ1v) is 9.78. The molecule has 4 aliphatic rings. The first kappa shape index (κ1) is 15.4. The molecule has 2 fully saturated rings. The van der Waals surface area contributed by atoms with Gasteiger partial charge in [0.15, 0.2) is 0 Å². The molecule has 0 atom stereocenters. The van der Waals surface area contributed by atoms with Crippen LogP contribution in [0, 0.1) is 5.82 Å². The molecule has 2 aromatic rings. The van der Waals surface area contributed by atoms with Crippen LogP contribution in [0.25, 0.3) is 33.1 Å². The maximum atomic E-state index is 15.1. The van der Waals surface area contributed by atoms with Gasteiger partial charge in [0, 0.05) is 54.8 Å². The van der Waals surface area contributed by atoms with Gasteiger partial charge in [-0.25, -0.2) is 9.37 Å². The van der Waals surface area contributed by atoms with Crippen LogP contribution in [0.5, 0.6) is 0 Å². The van der Waals surface area contributed by atoms with Gasteiger partial charge >= 0.3 is 0 Å². The average molecular weight is 360 g/mol.